The Kier molecular flexibility index (Phi) is 8.30. The maximum absolute atomic E-state index is 13.5. The maximum Gasteiger partial charge on any atom is 0.416 e. The number of aromatic nitrogens is 3. The van der Waals surface area contributed by atoms with Gasteiger partial charge in [0.2, 0.25) is 10.0 Å². The number of rotatable bonds is 8. The first-order chi connectivity index (χ1) is 19.0. The predicted molar refractivity (Wildman–Crippen MR) is 142 cm³/mol. The predicted octanol–water partition coefficient (Wildman–Crippen LogP) is 5.07. The van der Waals surface area contributed by atoms with Gasteiger partial charge >= 0.3 is 6.18 Å². The smallest absolute Gasteiger partial charge is 0.299 e. The third kappa shape index (κ3) is 6.72. The molecule has 2 aromatic carbocycles. The molecule has 1 aliphatic carbocycles. The number of nitrogens with one attached hydrogen (secondary N) is 1. The van der Waals surface area contributed by atoms with Crippen molar-refractivity contribution in [1.29, 1.82) is 0 Å². The minimum atomic E-state index is -4.64. The number of piperidine rings is 1. The summed E-state index contributed by atoms with van der Waals surface area (Å²) in [5.74, 6) is 0. The molecule has 1 saturated heterocycles. The normalized spacial score (nSPS) is 19.9. The first-order valence-corrected chi connectivity index (χ1v) is 15.0. The highest BCUT2D eigenvalue weighted by Crippen LogP contribution is 2.34. The Morgan fingerprint density at radius 2 is 1.88 bits per heavy atom. The van der Waals surface area contributed by atoms with Crippen molar-refractivity contribution in [1.82, 2.24) is 24.6 Å². The number of fused-ring (bicyclic) bond motifs is 1. The van der Waals surface area contributed by atoms with Crippen molar-refractivity contribution >= 4 is 10.0 Å². The fourth-order valence-electron chi connectivity index (χ4n) is 5.62. The fraction of sp³-hybridized carbons (Fsp3) is 0.500. The number of aryl methyl sites for hydroxylation is 1. The second-order valence-electron chi connectivity index (χ2n) is 10.8. The molecule has 1 unspecified atom stereocenters. The molecule has 3 aromatic rings. The zero-order chi connectivity index (χ0) is 28.5. The highest BCUT2D eigenvalue weighted by molar-refractivity contribution is 7.89. The van der Waals surface area contributed by atoms with Crippen LogP contribution in [0.4, 0.5) is 17.6 Å². The van der Waals surface area contributed by atoms with Crippen LogP contribution in [0.2, 0.25) is 0 Å². The van der Waals surface area contributed by atoms with E-state index >= 15 is 0 Å². The highest BCUT2D eigenvalue weighted by atomic mass is 32.2. The van der Waals surface area contributed by atoms with Gasteiger partial charge in [-0.25, -0.2) is 22.2 Å². The molecule has 7 nitrogen and oxygen atoms in total. The van der Waals surface area contributed by atoms with Gasteiger partial charge < -0.3 is 0 Å². The summed E-state index contributed by atoms with van der Waals surface area (Å²) < 4.78 is 82.3. The summed E-state index contributed by atoms with van der Waals surface area (Å²) in [7, 11) is -4.16. The van der Waals surface area contributed by atoms with E-state index < -0.39 is 38.9 Å². The van der Waals surface area contributed by atoms with Crippen molar-refractivity contribution in [3.8, 4) is 0 Å². The summed E-state index contributed by atoms with van der Waals surface area (Å²) in [5.41, 5.74) is 3.24. The molecule has 0 spiro atoms. The second-order valence-corrected chi connectivity index (χ2v) is 12.5. The minimum Gasteiger partial charge on any atom is -0.299 e. The quantitative estimate of drug-likeness (QED) is 0.377. The molecule has 1 aromatic heterocycles. The Labute approximate surface area is 231 Å². The Hall–Kier alpha value is -2.83. The summed E-state index contributed by atoms with van der Waals surface area (Å²) in [4.78, 5) is 1.85. The largest absolute Gasteiger partial charge is 0.416 e. The molecular formula is C28H33F4N5O2S. The molecule has 0 amide bonds. The molecule has 0 radical (unpaired) electrons. The zero-order valence-electron chi connectivity index (χ0n) is 22.2. The number of hydrogen-bond acceptors (Lipinski definition) is 5. The van der Waals surface area contributed by atoms with Crippen LogP contribution >= 0.6 is 0 Å². The first-order valence-electron chi connectivity index (χ1n) is 13.6. The van der Waals surface area contributed by atoms with Gasteiger partial charge in [0.05, 0.1) is 22.2 Å². The average Bonchev–Trinajstić information content (AvgIpc) is 3.37. The van der Waals surface area contributed by atoms with E-state index in [1.165, 1.54) is 16.7 Å². The Balaban J connectivity index is 1.23. The Morgan fingerprint density at radius 3 is 2.62 bits per heavy atom. The van der Waals surface area contributed by atoms with E-state index in [4.69, 9.17) is 0 Å². The third-order valence-corrected chi connectivity index (χ3v) is 9.22. The van der Waals surface area contributed by atoms with Gasteiger partial charge in [0.25, 0.3) is 0 Å². The van der Waals surface area contributed by atoms with Crippen LogP contribution in [0.1, 0.15) is 66.6 Å². The molecule has 40 heavy (non-hydrogen) atoms. The highest BCUT2D eigenvalue weighted by Gasteiger charge is 2.32. The number of alkyl halides is 4. The topological polar surface area (TPSA) is 80.1 Å². The summed E-state index contributed by atoms with van der Waals surface area (Å²) in [6.07, 6.45) is 0.764. The van der Waals surface area contributed by atoms with E-state index in [1.54, 1.807) is 6.92 Å². The lowest BCUT2D eigenvalue weighted by molar-refractivity contribution is -0.137. The SMILES string of the molecule is CC(Cc1cn([C@@H]2CCCc3cc(CN4CCC(F)CC4)ccc32)nn1)NS(=O)(=O)c1cccc(C(F)(F)F)c1. The molecule has 0 bridgehead atoms. The van der Waals surface area contributed by atoms with Crippen LogP contribution in [-0.4, -0.2) is 53.6 Å². The number of sulfonamides is 1. The molecule has 2 aliphatic rings. The molecule has 216 valence electrons. The van der Waals surface area contributed by atoms with Gasteiger partial charge in [-0.15, -0.1) is 5.10 Å². The van der Waals surface area contributed by atoms with Gasteiger partial charge in [-0.3, -0.25) is 4.90 Å². The Bertz CT molecular complexity index is 1430. The summed E-state index contributed by atoms with van der Waals surface area (Å²) >= 11 is 0. The molecule has 2 atom stereocenters. The fourth-order valence-corrected chi connectivity index (χ4v) is 6.91. The van der Waals surface area contributed by atoms with Gasteiger partial charge in [-0.05, 0) is 73.9 Å². The molecular weight excluding hydrogens is 546 g/mol. The van der Waals surface area contributed by atoms with E-state index in [-0.39, 0.29) is 12.5 Å². The van der Waals surface area contributed by atoms with Crippen LogP contribution < -0.4 is 4.72 Å². The maximum atomic E-state index is 13.5. The molecule has 1 aliphatic heterocycles. The number of nitrogens with zero attached hydrogens (tertiary/aromatic N) is 4. The molecule has 1 N–H and O–H groups in total. The summed E-state index contributed by atoms with van der Waals surface area (Å²) in [5, 5.41) is 8.58. The second kappa shape index (κ2) is 11.6. The Morgan fingerprint density at radius 1 is 1.10 bits per heavy atom. The van der Waals surface area contributed by atoms with Crippen molar-refractivity contribution in [3.63, 3.8) is 0 Å². The zero-order valence-corrected chi connectivity index (χ0v) is 23.1. The van der Waals surface area contributed by atoms with Crippen LogP contribution in [0.25, 0.3) is 0 Å². The van der Waals surface area contributed by atoms with Gasteiger partial charge in [0.15, 0.2) is 0 Å². The van der Waals surface area contributed by atoms with E-state index in [0.29, 0.717) is 24.6 Å². The van der Waals surface area contributed by atoms with Crippen molar-refractivity contribution < 1.29 is 26.0 Å². The molecule has 12 heteroatoms. The molecule has 2 heterocycles. The molecule has 1 fully saturated rings. The van der Waals surface area contributed by atoms with Crippen molar-refractivity contribution in [2.45, 2.75) is 81.3 Å². The lowest BCUT2D eigenvalue weighted by Gasteiger charge is -2.30. The minimum absolute atomic E-state index is 0.0124. The summed E-state index contributed by atoms with van der Waals surface area (Å²) in [6.45, 7) is 4.00. The third-order valence-electron chi connectivity index (χ3n) is 7.63. The first kappa shape index (κ1) is 28.7. The lowest BCUT2D eigenvalue weighted by Crippen LogP contribution is -2.34. The number of benzene rings is 2. The van der Waals surface area contributed by atoms with Crippen LogP contribution in [0, 0.1) is 0 Å². The molecule has 5 rings (SSSR count). The van der Waals surface area contributed by atoms with Crippen molar-refractivity contribution in [2.24, 2.45) is 0 Å². The van der Waals surface area contributed by atoms with Gasteiger partial charge in [0.1, 0.15) is 6.17 Å². The van der Waals surface area contributed by atoms with E-state index in [1.807, 2.05) is 10.9 Å². The van der Waals surface area contributed by atoms with E-state index in [2.05, 4.69) is 38.1 Å². The van der Waals surface area contributed by atoms with E-state index in [9.17, 15) is 26.0 Å². The lowest BCUT2D eigenvalue weighted by atomic mass is 9.86. The van der Waals surface area contributed by atoms with Crippen molar-refractivity contribution in [2.75, 3.05) is 13.1 Å². The number of halogens is 4. The van der Waals surface area contributed by atoms with Gasteiger partial charge in [0, 0.05) is 38.3 Å². The number of likely N-dealkylation sites (tertiary alicyclic amines) is 1. The average molecular weight is 580 g/mol. The summed E-state index contributed by atoms with van der Waals surface area (Å²) in [6, 6.07) is 9.58. The molecule has 0 saturated carbocycles. The van der Waals surface area contributed by atoms with Crippen molar-refractivity contribution in [3.05, 3.63) is 76.6 Å². The van der Waals surface area contributed by atoms with Crippen LogP contribution in [0.15, 0.2) is 53.6 Å². The van der Waals surface area contributed by atoms with Crippen LogP contribution in [-0.2, 0) is 35.6 Å². The number of hydrogen-bond donors (Lipinski definition) is 1. The van der Waals surface area contributed by atoms with Gasteiger partial charge in [-0.2, -0.15) is 13.2 Å². The van der Waals surface area contributed by atoms with Crippen LogP contribution in [0.3, 0.4) is 0 Å². The monoisotopic (exact) mass is 579 g/mol. The van der Waals surface area contributed by atoms with E-state index in [0.717, 1.165) is 57.1 Å². The van der Waals surface area contributed by atoms with Gasteiger partial charge in [-0.1, -0.05) is 29.5 Å². The standard InChI is InChI=1S/C28H33F4N5O2S/c1-19(34-40(38,39)25-6-3-5-22(16-25)28(30,31)32)14-24-18-37(35-33-24)27-7-2-4-21-15-20(8-9-26(21)27)17-36-12-10-23(29)11-13-36/h3,5-6,8-9,15-16,18-19,23,27,34H,2,4,7,10-14,17H2,1H3/t19?,27-/m1/s1. The van der Waals surface area contributed by atoms with Crippen LogP contribution in [0.5, 0.6) is 0 Å².